The van der Waals surface area contributed by atoms with E-state index in [-0.39, 0.29) is 46.0 Å². The normalized spacial score (nSPS) is 16.3. The molecule has 13 heteroatoms. The number of thioether (sulfide) groups is 1. The second-order valence-electron chi connectivity index (χ2n) is 13.3. The lowest BCUT2D eigenvalue weighted by molar-refractivity contribution is -0.168. The van der Waals surface area contributed by atoms with Gasteiger partial charge in [-0.05, 0) is 96.2 Å². The number of alkyl halides is 3. The molecule has 0 spiro atoms. The van der Waals surface area contributed by atoms with E-state index in [0.717, 1.165) is 19.1 Å². The molecule has 0 fully saturated rings. The average molecular weight is 724 g/mol. The fourth-order valence-electron chi connectivity index (χ4n) is 4.66. The van der Waals surface area contributed by atoms with Gasteiger partial charge in [0.05, 0.1) is 18.9 Å². The third-order valence-corrected chi connectivity index (χ3v) is 9.13. The van der Waals surface area contributed by atoms with Gasteiger partial charge in [0.2, 0.25) is 0 Å². The van der Waals surface area contributed by atoms with Crippen LogP contribution >= 0.6 is 35.0 Å². The van der Waals surface area contributed by atoms with Gasteiger partial charge >= 0.3 is 24.1 Å². The standard InChI is InChI=1S/C34H43Cl2F3O7S/c1-10-44-30(43)28(47-33(9,34(37,38)39)22-15-23(35)17-24(36)16-22)27(41)21-13-11-20(12-14-21)19(2)25(29(42)46-32(6,7)8)18-26(40)45-31(3,4)5/h11-17,19,25,27-28,41H,10,18H2,1-9H3. The summed E-state index contributed by atoms with van der Waals surface area (Å²) in [6.07, 6.45) is -6.90. The lowest BCUT2D eigenvalue weighted by atomic mass is 9.84. The second-order valence-corrected chi connectivity index (χ2v) is 15.7. The Morgan fingerprint density at radius 2 is 1.32 bits per heavy atom. The maximum absolute atomic E-state index is 14.7. The summed E-state index contributed by atoms with van der Waals surface area (Å²) in [6.45, 7) is 14.2. The third-order valence-electron chi connectivity index (χ3n) is 7.05. The average Bonchev–Trinajstić information content (AvgIpc) is 2.91. The molecule has 0 radical (unpaired) electrons. The van der Waals surface area contributed by atoms with Gasteiger partial charge in [-0.1, -0.05) is 54.4 Å². The van der Waals surface area contributed by atoms with Crippen molar-refractivity contribution in [3.05, 3.63) is 69.2 Å². The molecule has 2 aromatic carbocycles. The van der Waals surface area contributed by atoms with Crippen LogP contribution < -0.4 is 0 Å². The van der Waals surface area contributed by atoms with Crippen molar-refractivity contribution in [2.75, 3.05) is 6.61 Å². The highest BCUT2D eigenvalue weighted by Gasteiger charge is 2.56. The number of hydrogen-bond donors (Lipinski definition) is 1. The maximum atomic E-state index is 14.7. The Morgan fingerprint density at radius 3 is 1.77 bits per heavy atom. The first-order valence-electron chi connectivity index (χ1n) is 15.0. The van der Waals surface area contributed by atoms with Crippen LogP contribution in [0.25, 0.3) is 0 Å². The molecule has 0 saturated carbocycles. The van der Waals surface area contributed by atoms with E-state index in [4.69, 9.17) is 37.4 Å². The summed E-state index contributed by atoms with van der Waals surface area (Å²) in [5, 5.41) is 9.59. The first-order valence-corrected chi connectivity index (χ1v) is 16.6. The van der Waals surface area contributed by atoms with E-state index in [1.165, 1.54) is 25.1 Å². The number of halogens is 5. The molecule has 262 valence electrons. The van der Waals surface area contributed by atoms with Gasteiger partial charge in [0.15, 0.2) is 0 Å². The monoisotopic (exact) mass is 722 g/mol. The van der Waals surface area contributed by atoms with Crippen molar-refractivity contribution in [2.45, 2.75) is 108 Å². The number of aliphatic hydroxyl groups is 1. The van der Waals surface area contributed by atoms with Gasteiger partial charge in [0.25, 0.3) is 0 Å². The molecule has 0 bridgehead atoms. The Kier molecular flexibility index (Phi) is 13.7. The van der Waals surface area contributed by atoms with Gasteiger partial charge in [-0.25, -0.2) is 0 Å². The summed E-state index contributed by atoms with van der Waals surface area (Å²) in [6, 6.07) is 9.54. The molecule has 0 saturated heterocycles. The van der Waals surface area contributed by atoms with Crippen molar-refractivity contribution in [1.29, 1.82) is 0 Å². The van der Waals surface area contributed by atoms with Crippen molar-refractivity contribution in [1.82, 2.24) is 0 Å². The minimum Gasteiger partial charge on any atom is -0.465 e. The predicted molar refractivity (Wildman–Crippen MR) is 177 cm³/mol. The van der Waals surface area contributed by atoms with Gasteiger partial charge in [-0.2, -0.15) is 13.2 Å². The van der Waals surface area contributed by atoms with Crippen molar-refractivity contribution in [2.24, 2.45) is 5.92 Å². The van der Waals surface area contributed by atoms with Crippen LogP contribution in [0.4, 0.5) is 13.2 Å². The molecule has 7 nitrogen and oxygen atoms in total. The predicted octanol–water partition coefficient (Wildman–Crippen LogP) is 8.96. The van der Waals surface area contributed by atoms with E-state index < -0.39 is 63.2 Å². The van der Waals surface area contributed by atoms with Crippen LogP contribution in [0.15, 0.2) is 42.5 Å². The van der Waals surface area contributed by atoms with E-state index in [2.05, 4.69) is 0 Å². The van der Waals surface area contributed by atoms with Gasteiger partial charge in [-0.3, -0.25) is 14.4 Å². The van der Waals surface area contributed by atoms with Crippen molar-refractivity contribution >= 4 is 52.9 Å². The fourth-order valence-corrected chi connectivity index (χ4v) is 6.53. The van der Waals surface area contributed by atoms with Crippen LogP contribution in [0.1, 0.15) is 97.4 Å². The quantitative estimate of drug-likeness (QED) is 0.171. The number of benzene rings is 2. The van der Waals surface area contributed by atoms with Crippen molar-refractivity contribution in [3.8, 4) is 0 Å². The summed E-state index contributed by atoms with van der Waals surface area (Å²) in [5.74, 6) is -3.74. The molecule has 0 aromatic heterocycles. The number of ether oxygens (including phenoxy) is 3. The van der Waals surface area contributed by atoms with E-state index in [1.807, 2.05) is 0 Å². The number of hydrogen-bond acceptors (Lipinski definition) is 8. The fraction of sp³-hybridized carbons (Fsp3) is 0.559. The molecule has 2 aromatic rings. The van der Waals surface area contributed by atoms with E-state index in [9.17, 15) is 32.7 Å². The smallest absolute Gasteiger partial charge is 0.406 e. The molecule has 0 heterocycles. The largest absolute Gasteiger partial charge is 0.465 e. The minimum atomic E-state index is -4.90. The molecule has 2 rings (SSSR count). The van der Waals surface area contributed by atoms with E-state index in [1.54, 1.807) is 60.6 Å². The van der Waals surface area contributed by atoms with Crippen LogP contribution in [-0.4, -0.2) is 52.2 Å². The summed E-state index contributed by atoms with van der Waals surface area (Å²) in [7, 11) is 0. The SMILES string of the molecule is CCOC(=O)C(SC(C)(c1cc(Cl)cc(Cl)c1)C(F)(F)F)C(O)c1ccc(C(C)C(CC(=O)OC(C)(C)C)C(=O)OC(C)(C)C)cc1. The van der Waals surface area contributed by atoms with E-state index >= 15 is 0 Å². The molecule has 0 aliphatic carbocycles. The van der Waals surface area contributed by atoms with Crippen LogP contribution in [0.5, 0.6) is 0 Å². The molecule has 5 atom stereocenters. The highest BCUT2D eigenvalue weighted by atomic mass is 35.5. The van der Waals surface area contributed by atoms with Crippen LogP contribution in [0, 0.1) is 5.92 Å². The number of carbonyl (C=O) groups is 3. The Morgan fingerprint density at radius 1 is 0.830 bits per heavy atom. The third kappa shape index (κ3) is 11.6. The molecule has 0 amide bonds. The number of rotatable bonds is 12. The van der Waals surface area contributed by atoms with Crippen molar-refractivity contribution in [3.63, 3.8) is 0 Å². The van der Waals surface area contributed by atoms with Gasteiger partial charge in [-0.15, -0.1) is 11.8 Å². The lowest BCUT2D eigenvalue weighted by Gasteiger charge is -2.36. The van der Waals surface area contributed by atoms with Crippen LogP contribution in [0.3, 0.4) is 0 Å². The summed E-state index contributed by atoms with van der Waals surface area (Å²) in [4.78, 5) is 39.0. The topological polar surface area (TPSA) is 99.1 Å². The summed E-state index contributed by atoms with van der Waals surface area (Å²) >= 11 is 12.2. The van der Waals surface area contributed by atoms with Crippen molar-refractivity contribution < 1.29 is 46.9 Å². The zero-order valence-electron chi connectivity index (χ0n) is 28.0. The highest BCUT2D eigenvalue weighted by Crippen LogP contribution is 2.53. The van der Waals surface area contributed by atoms with Crippen LogP contribution in [0.2, 0.25) is 10.0 Å². The summed E-state index contributed by atoms with van der Waals surface area (Å²) in [5.41, 5.74) is -1.20. The molecular formula is C34H43Cl2F3O7S. The molecule has 0 aliphatic rings. The Bertz CT molecular complexity index is 1380. The van der Waals surface area contributed by atoms with Gasteiger partial charge in [0.1, 0.15) is 27.3 Å². The number of esters is 3. The summed E-state index contributed by atoms with van der Waals surface area (Å²) < 4.78 is 57.4. The zero-order chi connectivity index (χ0) is 36.1. The molecule has 47 heavy (non-hydrogen) atoms. The maximum Gasteiger partial charge on any atom is 0.406 e. The number of aliphatic hydroxyl groups excluding tert-OH is 1. The molecular weight excluding hydrogens is 680 g/mol. The first-order chi connectivity index (χ1) is 21.4. The molecule has 0 aliphatic heterocycles. The van der Waals surface area contributed by atoms with E-state index in [0.29, 0.717) is 5.56 Å². The lowest BCUT2D eigenvalue weighted by Crippen LogP contribution is -2.41. The minimum absolute atomic E-state index is 0.0297. The molecule has 1 N–H and O–H groups in total. The Hall–Kier alpha value is -2.47. The second kappa shape index (κ2) is 15.8. The van der Waals surface area contributed by atoms with Gasteiger partial charge in [0, 0.05) is 10.0 Å². The number of carbonyl (C=O) groups excluding carboxylic acids is 3. The molecule has 5 unspecified atom stereocenters. The Balaban J connectivity index is 2.49. The highest BCUT2D eigenvalue weighted by molar-refractivity contribution is 8.01. The van der Waals surface area contributed by atoms with Gasteiger partial charge < -0.3 is 19.3 Å². The first kappa shape index (κ1) is 40.7. The van der Waals surface area contributed by atoms with Crippen LogP contribution in [-0.2, 0) is 33.3 Å². The Labute approximate surface area is 288 Å². The zero-order valence-corrected chi connectivity index (χ0v) is 30.3.